The van der Waals surface area contributed by atoms with Crippen LogP contribution in [-0.2, 0) is 0 Å². The van der Waals surface area contributed by atoms with E-state index in [0.29, 0.717) is 86.2 Å². The first kappa shape index (κ1) is 31.5. The van der Waals surface area contributed by atoms with Crippen molar-refractivity contribution in [3.05, 3.63) is 119 Å². The average molecular weight is 737 g/mol. The summed E-state index contributed by atoms with van der Waals surface area (Å²) in [4.78, 5) is 28.7. The van der Waals surface area contributed by atoms with E-state index in [1.165, 1.54) is 48.5 Å². The molecule has 0 aromatic heterocycles. The lowest BCUT2D eigenvalue weighted by atomic mass is 9.80. The standard InChI is InChI=1S/C46H24O10/c47-37-9-25-21-1-17-5-33-34(6-18(17)2-22(21)26-10-38(48)42(52)14-30(26)29(25)13-41(37)51)46(56)36-8-20-4-24-23(3-19(20)7-35(36)45(33)55)27-11-39(49)43(53)15-31(27)32-16-44(54)40(50)12-28(24)32/h1-16,47-54H. The maximum atomic E-state index is 14.4. The number of phenolic OH excluding ortho intramolecular Hbond substituents is 8. The second kappa shape index (κ2) is 10.4. The van der Waals surface area contributed by atoms with Crippen molar-refractivity contribution >= 4 is 97.7 Å². The molecule has 0 saturated heterocycles. The van der Waals surface area contributed by atoms with Crippen molar-refractivity contribution in [2.24, 2.45) is 0 Å². The third-order valence-corrected chi connectivity index (χ3v) is 11.4. The Balaban J connectivity index is 1.16. The van der Waals surface area contributed by atoms with Gasteiger partial charge in [-0.1, -0.05) is 0 Å². The summed E-state index contributed by atoms with van der Waals surface area (Å²) in [6, 6.07) is 25.2. The second-order valence-electron chi connectivity index (χ2n) is 14.5. The molecular weight excluding hydrogens is 712 g/mol. The molecule has 0 atom stereocenters. The first-order valence-corrected chi connectivity index (χ1v) is 17.4. The molecular formula is C46H24O10. The Morgan fingerprint density at radius 1 is 0.214 bits per heavy atom. The summed E-state index contributed by atoms with van der Waals surface area (Å²) in [5, 5.41) is 92.8. The Hall–Kier alpha value is -7.98. The van der Waals surface area contributed by atoms with E-state index in [-0.39, 0.29) is 79.8 Å². The van der Waals surface area contributed by atoms with E-state index < -0.39 is 0 Å². The van der Waals surface area contributed by atoms with Crippen molar-refractivity contribution < 1.29 is 50.4 Å². The first-order valence-electron chi connectivity index (χ1n) is 17.4. The van der Waals surface area contributed by atoms with Crippen molar-refractivity contribution in [1.82, 2.24) is 0 Å². The van der Waals surface area contributed by atoms with Crippen LogP contribution in [0.15, 0.2) is 97.1 Å². The molecule has 0 amide bonds. The summed E-state index contributed by atoms with van der Waals surface area (Å²) in [6.07, 6.45) is 0. The minimum Gasteiger partial charge on any atom is -0.504 e. The number of benzene rings is 10. The van der Waals surface area contributed by atoms with E-state index in [1.807, 2.05) is 24.3 Å². The van der Waals surface area contributed by atoms with Crippen LogP contribution in [0.1, 0.15) is 31.8 Å². The van der Waals surface area contributed by atoms with Gasteiger partial charge in [0.2, 0.25) is 0 Å². The highest BCUT2D eigenvalue weighted by atomic mass is 16.3. The van der Waals surface area contributed by atoms with E-state index in [0.717, 1.165) is 0 Å². The zero-order valence-electron chi connectivity index (χ0n) is 28.6. The van der Waals surface area contributed by atoms with Crippen LogP contribution in [-0.4, -0.2) is 52.4 Å². The highest BCUT2D eigenvalue weighted by Gasteiger charge is 2.31. The molecule has 10 heteroatoms. The van der Waals surface area contributed by atoms with Gasteiger partial charge >= 0.3 is 0 Å². The van der Waals surface area contributed by atoms with Gasteiger partial charge < -0.3 is 40.9 Å². The maximum absolute atomic E-state index is 14.4. The molecule has 10 aromatic carbocycles. The molecule has 56 heavy (non-hydrogen) atoms. The van der Waals surface area contributed by atoms with Crippen LogP contribution in [0, 0.1) is 0 Å². The molecule has 10 aromatic rings. The number of hydrogen-bond donors (Lipinski definition) is 8. The second-order valence-corrected chi connectivity index (χ2v) is 14.5. The van der Waals surface area contributed by atoms with Gasteiger partial charge in [-0.05, 0) is 183 Å². The van der Waals surface area contributed by atoms with Crippen molar-refractivity contribution in [1.29, 1.82) is 0 Å². The smallest absolute Gasteiger partial charge is 0.194 e. The van der Waals surface area contributed by atoms with E-state index in [2.05, 4.69) is 0 Å². The predicted octanol–water partition coefficient (Wildman–Crippen LogP) is 9.33. The fraction of sp³-hybridized carbons (Fsp3) is 0. The summed E-state index contributed by atoms with van der Waals surface area (Å²) in [6.45, 7) is 0. The third kappa shape index (κ3) is 4.04. The molecule has 0 aliphatic heterocycles. The molecule has 0 radical (unpaired) electrons. The highest BCUT2D eigenvalue weighted by molar-refractivity contribution is 6.34. The Kier molecular flexibility index (Phi) is 5.84. The van der Waals surface area contributed by atoms with Gasteiger partial charge in [0.05, 0.1) is 0 Å². The van der Waals surface area contributed by atoms with Gasteiger partial charge in [0.1, 0.15) is 0 Å². The quantitative estimate of drug-likeness (QED) is 0.0422. The molecule has 1 aliphatic carbocycles. The van der Waals surface area contributed by atoms with Crippen LogP contribution < -0.4 is 0 Å². The summed E-state index contributed by atoms with van der Waals surface area (Å²) in [7, 11) is 0. The molecule has 0 unspecified atom stereocenters. The molecule has 0 fully saturated rings. The lowest BCUT2D eigenvalue weighted by molar-refractivity contribution is 0.0979. The van der Waals surface area contributed by atoms with Crippen LogP contribution >= 0.6 is 0 Å². The molecule has 8 N–H and O–H groups in total. The number of carbonyl (C=O) groups excluding carboxylic acids is 2. The zero-order valence-corrected chi connectivity index (χ0v) is 28.6. The molecule has 0 bridgehead atoms. The van der Waals surface area contributed by atoms with E-state index in [9.17, 15) is 50.4 Å². The Bertz CT molecular complexity index is 3130. The maximum Gasteiger partial charge on any atom is 0.194 e. The van der Waals surface area contributed by atoms with Crippen LogP contribution in [0.4, 0.5) is 0 Å². The molecule has 1 aliphatic rings. The van der Waals surface area contributed by atoms with E-state index >= 15 is 0 Å². The summed E-state index contributed by atoms with van der Waals surface area (Å²) in [5.41, 5.74) is 0.814. The van der Waals surface area contributed by atoms with Crippen molar-refractivity contribution in [3.8, 4) is 46.0 Å². The topological polar surface area (TPSA) is 196 Å². The fourth-order valence-corrected chi connectivity index (χ4v) is 8.72. The molecule has 0 spiro atoms. The Labute approximate surface area is 312 Å². The number of rotatable bonds is 0. The molecule has 0 heterocycles. The number of phenols is 8. The number of hydrogen-bond acceptors (Lipinski definition) is 10. The molecule has 268 valence electrons. The average Bonchev–Trinajstić information content (AvgIpc) is 3.17. The summed E-state index contributed by atoms with van der Waals surface area (Å²) >= 11 is 0. The van der Waals surface area contributed by atoms with Gasteiger partial charge in [0, 0.05) is 22.3 Å². The van der Waals surface area contributed by atoms with Gasteiger partial charge in [0.25, 0.3) is 0 Å². The van der Waals surface area contributed by atoms with Gasteiger partial charge in [0.15, 0.2) is 57.6 Å². The molecule has 0 saturated carbocycles. The molecule has 10 nitrogen and oxygen atoms in total. The fourth-order valence-electron chi connectivity index (χ4n) is 8.72. The predicted molar refractivity (Wildman–Crippen MR) is 213 cm³/mol. The Morgan fingerprint density at radius 3 is 0.518 bits per heavy atom. The monoisotopic (exact) mass is 736 g/mol. The van der Waals surface area contributed by atoms with Crippen LogP contribution in [0.5, 0.6) is 46.0 Å². The number of aromatic hydroxyl groups is 8. The van der Waals surface area contributed by atoms with Gasteiger partial charge in [-0.25, -0.2) is 0 Å². The van der Waals surface area contributed by atoms with Crippen molar-refractivity contribution in [2.45, 2.75) is 0 Å². The van der Waals surface area contributed by atoms with E-state index in [4.69, 9.17) is 0 Å². The lowest BCUT2D eigenvalue weighted by Crippen LogP contribution is -2.21. The number of fused-ring (bicyclic) bond motifs is 16. The Morgan fingerprint density at radius 2 is 0.357 bits per heavy atom. The highest BCUT2D eigenvalue weighted by Crippen LogP contribution is 2.47. The first-order chi connectivity index (χ1) is 26.8. The van der Waals surface area contributed by atoms with E-state index in [1.54, 1.807) is 24.3 Å². The number of ketones is 2. The minimum atomic E-state index is -0.365. The minimum absolute atomic E-state index is 0.203. The van der Waals surface area contributed by atoms with Crippen LogP contribution in [0.2, 0.25) is 0 Å². The largest absolute Gasteiger partial charge is 0.504 e. The lowest BCUT2D eigenvalue weighted by Gasteiger charge is -2.20. The van der Waals surface area contributed by atoms with Crippen molar-refractivity contribution in [2.75, 3.05) is 0 Å². The summed E-state index contributed by atoms with van der Waals surface area (Å²) < 4.78 is 0. The van der Waals surface area contributed by atoms with Crippen LogP contribution in [0.25, 0.3) is 86.2 Å². The third-order valence-electron chi connectivity index (χ3n) is 11.4. The van der Waals surface area contributed by atoms with Gasteiger partial charge in [-0.15, -0.1) is 0 Å². The zero-order chi connectivity index (χ0) is 38.6. The number of carbonyl (C=O) groups is 2. The molecule has 11 rings (SSSR count). The summed E-state index contributed by atoms with van der Waals surface area (Å²) in [5.74, 6) is -3.56. The SMILES string of the molecule is O=C1c2cc3cc4c5cc(O)c(O)cc5c5cc(O)c(O)cc5c4cc3cc2C(=O)c2cc3cc4c5cc(O)c(O)cc5c5cc(O)c(O)cc5c4cc3cc21. The van der Waals surface area contributed by atoms with Gasteiger partial charge in [-0.2, -0.15) is 0 Å². The van der Waals surface area contributed by atoms with Gasteiger partial charge in [-0.3, -0.25) is 9.59 Å². The van der Waals surface area contributed by atoms with Crippen molar-refractivity contribution in [3.63, 3.8) is 0 Å². The van der Waals surface area contributed by atoms with Crippen LogP contribution in [0.3, 0.4) is 0 Å². The normalized spacial score (nSPS) is 12.9.